The molecule has 0 radical (unpaired) electrons. The maximum Gasteiger partial charge on any atom is 0.0273 e. The second-order valence-corrected chi connectivity index (χ2v) is 4.10. The molecule has 1 nitrogen and oxygen atoms in total. The van der Waals surface area contributed by atoms with Crippen LogP contribution < -0.4 is 5.73 Å². The van der Waals surface area contributed by atoms with Crippen LogP contribution in [0.25, 0.3) is 0 Å². The molecule has 0 aromatic heterocycles. The van der Waals surface area contributed by atoms with Crippen LogP contribution in [0.2, 0.25) is 0 Å². The largest absolute Gasteiger partial charge is 0.399 e. The lowest BCUT2D eigenvalue weighted by Gasteiger charge is -2.22. The van der Waals surface area contributed by atoms with Gasteiger partial charge in [-0.05, 0) is 30.3 Å². The predicted octanol–water partition coefficient (Wildman–Crippen LogP) is 2.70. The SMILES string of the molecule is CC(C)C1C=C(N)C=CCC1C. The predicted molar refractivity (Wildman–Crippen MR) is 53.5 cm³/mol. The normalized spacial score (nSPS) is 30.2. The molecule has 0 spiro atoms. The maximum atomic E-state index is 5.80. The van der Waals surface area contributed by atoms with Gasteiger partial charge in [0.1, 0.15) is 0 Å². The minimum atomic E-state index is 0.639. The van der Waals surface area contributed by atoms with E-state index in [2.05, 4.69) is 32.9 Å². The monoisotopic (exact) mass is 165 g/mol. The Labute approximate surface area is 75.3 Å². The topological polar surface area (TPSA) is 26.0 Å². The van der Waals surface area contributed by atoms with E-state index in [0.29, 0.717) is 11.8 Å². The number of hydrogen-bond acceptors (Lipinski definition) is 1. The van der Waals surface area contributed by atoms with Crippen LogP contribution in [0.4, 0.5) is 0 Å². The molecule has 12 heavy (non-hydrogen) atoms. The van der Waals surface area contributed by atoms with Crippen LogP contribution in [-0.4, -0.2) is 0 Å². The van der Waals surface area contributed by atoms with E-state index in [9.17, 15) is 0 Å². The molecule has 0 aromatic carbocycles. The highest BCUT2D eigenvalue weighted by Crippen LogP contribution is 2.27. The third-order valence-corrected chi connectivity index (χ3v) is 2.63. The smallest absolute Gasteiger partial charge is 0.0273 e. The molecule has 2 unspecified atom stereocenters. The van der Waals surface area contributed by atoms with Crippen molar-refractivity contribution in [2.24, 2.45) is 23.5 Å². The third-order valence-electron chi connectivity index (χ3n) is 2.63. The van der Waals surface area contributed by atoms with E-state index < -0.39 is 0 Å². The molecule has 1 heteroatoms. The standard InChI is InChI=1S/C11H19N/c1-8(2)11-7-10(12)6-4-5-9(11)3/h4,6-9,11H,5,12H2,1-3H3. The highest BCUT2D eigenvalue weighted by Gasteiger charge is 2.19. The van der Waals surface area contributed by atoms with Crippen LogP contribution >= 0.6 is 0 Å². The summed E-state index contributed by atoms with van der Waals surface area (Å²) in [7, 11) is 0. The van der Waals surface area contributed by atoms with E-state index in [1.807, 2.05) is 6.08 Å². The van der Waals surface area contributed by atoms with Crippen molar-refractivity contribution in [2.75, 3.05) is 0 Å². The second kappa shape index (κ2) is 3.79. The van der Waals surface area contributed by atoms with Crippen molar-refractivity contribution < 1.29 is 0 Å². The average Bonchev–Trinajstić information content (AvgIpc) is 2.13. The minimum absolute atomic E-state index is 0.639. The summed E-state index contributed by atoms with van der Waals surface area (Å²) in [6, 6.07) is 0. The number of rotatable bonds is 1. The molecular formula is C11H19N. The van der Waals surface area contributed by atoms with Gasteiger partial charge in [0.15, 0.2) is 0 Å². The van der Waals surface area contributed by atoms with Crippen molar-refractivity contribution in [3.63, 3.8) is 0 Å². The Bertz CT molecular complexity index is 201. The van der Waals surface area contributed by atoms with Crippen molar-refractivity contribution in [3.05, 3.63) is 23.9 Å². The van der Waals surface area contributed by atoms with Crippen molar-refractivity contribution in [2.45, 2.75) is 27.2 Å². The van der Waals surface area contributed by atoms with Gasteiger partial charge in [-0.15, -0.1) is 0 Å². The van der Waals surface area contributed by atoms with Crippen LogP contribution in [0.3, 0.4) is 0 Å². The van der Waals surface area contributed by atoms with Crippen LogP contribution in [0.15, 0.2) is 23.9 Å². The van der Waals surface area contributed by atoms with Gasteiger partial charge in [-0.3, -0.25) is 0 Å². The van der Waals surface area contributed by atoms with Crippen LogP contribution in [0.5, 0.6) is 0 Å². The van der Waals surface area contributed by atoms with Gasteiger partial charge in [0, 0.05) is 5.70 Å². The first-order valence-corrected chi connectivity index (χ1v) is 4.75. The lowest BCUT2D eigenvalue weighted by atomic mass is 9.83. The Kier molecular flexibility index (Phi) is 2.96. The molecule has 68 valence electrons. The summed E-state index contributed by atoms with van der Waals surface area (Å²) in [6.45, 7) is 6.82. The Hall–Kier alpha value is -0.720. The molecule has 0 aromatic rings. The highest BCUT2D eigenvalue weighted by atomic mass is 14.6. The third kappa shape index (κ3) is 2.13. The molecule has 0 saturated heterocycles. The zero-order valence-corrected chi connectivity index (χ0v) is 8.25. The van der Waals surface area contributed by atoms with E-state index in [-0.39, 0.29) is 0 Å². The summed E-state index contributed by atoms with van der Waals surface area (Å²) >= 11 is 0. The van der Waals surface area contributed by atoms with Gasteiger partial charge in [0.25, 0.3) is 0 Å². The van der Waals surface area contributed by atoms with Gasteiger partial charge >= 0.3 is 0 Å². The van der Waals surface area contributed by atoms with Crippen LogP contribution in [0.1, 0.15) is 27.2 Å². The lowest BCUT2D eigenvalue weighted by Crippen LogP contribution is -2.15. The van der Waals surface area contributed by atoms with Crippen LogP contribution in [-0.2, 0) is 0 Å². The Balaban J connectivity index is 2.78. The second-order valence-electron chi connectivity index (χ2n) is 4.10. The molecule has 0 amide bonds. The molecule has 0 heterocycles. The highest BCUT2D eigenvalue weighted by molar-refractivity contribution is 5.19. The zero-order valence-electron chi connectivity index (χ0n) is 8.25. The molecule has 1 aliphatic rings. The average molecular weight is 165 g/mol. The fourth-order valence-corrected chi connectivity index (χ4v) is 1.87. The summed E-state index contributed by atoms with van der Waals surface area (Å²) in [4.78, 5) is 0. The van der Waals surface area contributed by atoms with E-state index in [0.717, 1.165) is 18.0 Å². The summed E-state index contributed by atoms with van der Waals surface area (Å²) in [5, 5.41) is 0. The first-order chi connectivity index (χ1) is 5.61. The first-order valence-electron chi connectivity index (χ1n) is 4.75. The van der Waals surface area contributed by atoms with Crippen molar-refractivity contribution >= 4 is 0 Å². The van der Waals surface area contributed by atoms with Gasteiger partial charge in [-0.25, -0.2) is 0 Å². The Morgan fingerprint density at radius 1 is 1.50 bits per heavy atom. The molecule has 0 fully saturated rings. The van der Waals surface area contributed by atoms with E-state index in [1.165, 1.54) is 0 Å². The van der Waals surface area contributed by atoms with Crippen molar-refractivity contribution in [1.29, 1.82) is 0 Å². The molecule has 0 aliphatic heterocycles. The van der Waals surface area contributed by atoms with Crippen molar-refractivity contribution in [1.82, 2.24) is 0 Å². The minimum Gasteiger partial charge on any atom is -0.399 e. The number of nitrogens with two attached hydrogens (primary N) is 1. The first kappa shape index (κ1) is 9.37. The fraction of sp³-hybridized carbons (Fsp3) is 0.636. The Morgan fingerprint density at radius 3 is 2.75 bits per heavy atom. The molecule has 0 bridgehead atoms. The maximum absolute atomic E-state index is 5.80. The van der Waals surface area contributed by atoms with E-state index >= 15 is 0 Å². The van der Waals surface area contributed by atoms with Crippen molar-refractivity contribution in [3.8, 4) is 0 Å². The quantitative estimate of drug-likeness (QED) is 0.635. The van der Waals surface area contributed by atoms with E-state index in [1.54, 1.807) is 0 Å². The molecule has 0 saturated carbocycles. The molecule has 1 aliphatic carbocycles. The summed E-state index contributed by atoms with van der Waals surface area (Å²) in [5.74, 6) is 2.06. The van der Waals surface area contributed by atoms with Gasteiger partial charge in [-0.2, -0.15) is 0 Å². The lowest BCUT2D eigenvalue weighted by molar-refractivity contribution is 0.337. The fourth-order valence-electron chi connectivity index (χ4n) is 1.87. The van der Waals surface area contributed by atoms with Gasteiger partial charge in [0.05, 0.1) is 0 Å². The molecule has 1 rings (SSSR count). The molecule has 2 N–H and O–H groups in total. The zero-order chi connectivity index (χ0) is 9.14. The molecule has 2 atom stereocenters. The Morgan fingerprint density at radius 2 is 2.17 bits per heavy atom. The summed E-state index contributed by atoms with van der Waals surface area (Å²) in [6.07, 6.45) is 7.57. The van der Waals surface area contributed by atoms with Gasteiger partial charge in [0.2, 0.25) is 0 Å². The van der Waals surface area contributed by atoms with Crippen LogP contribution in [0, 0.1) is 17.8 Å². The summed E-state index contributed by atoms with van der Waals surface area (Å²) < 4.78 is 0. The summed E-state index contributed by atoms with van der Waals surface area (Å²) in [5.41, 5.74) is 6.73. The number of allylic oxidation sites excluding steroid dienone is 3. The van der Waals surface area contributed by atoms with Gasteiger partial charge < -0.3 is 5.73 Å². The molecular weight excluding hydrogens is 146 g/mol. The number of hydrogen-bond donors (Lipinski definition) is 1. The van der Waals surface area contributed by atoms with E-state index in [4.69, 9.17) is 5.73 Å². The van der Waals surface area contributed by atoms with Gasteiger partial charge in [-0.1, -0.05) is 32.9 Å².